The van der Waals surface area contributed by atoms with Crippen molar-refractivity contribution in [2.45, 2.75) is 83.5 Å². The molecule has 0 radical (unpaired) electrons. The molecule has 1 heterocycles. The van der Waals surface area contributed by atoms with E-state index in [1.807, 2.05) is 13.0 Å². The van der Waals surface area contributed by atoms with Crippen molar-refractivity contribution in [1.82, 2.24) is 0 Å². The fourth-order valence-electron chi connectivity index (χ4n) is 2.83. The highest BCUT2D eigenvalue weighted by Gasteiger charge is 2.13. The summed E-state index contributed by atoms with van der Waals surface area (Å²) in [4.78, 5) is 0. The lowest BCUT2D eigenvalue weighted by Crippen LogP contribution is -2.22. The fourth-order valence-corrected chi connectivity index (χ4v) is 3.50. The summed E-state index contributed by atoms with van der Waals surface area (Å²) in [6.45, 7) is 3.64. The van der Waals surface area contributed by atoms with Gasteiger partial charge >= 0.3 is 0 Å². The summed E-state index contributed by atoms with van der Waals surface area (Å²) in [6.07, 6.45) is 19.1. The van der Waals surface area contributed by atoms with Gasteiger partial charge < -0.3 is 9.47 Å². The molecule has 0 amide bonds. The minimum absolute atomic E-state index is 0.0210. The van der Waals surface area contributed by atoms with Gasteiger partial charge in [0.2, 0.25) is 0 Å². The third-order valence-electron chi connectivity index (χ3n) is 4.13. The molecule has 152 valence electrons. The van der Waals surface area contributed by atoms with Crippen LogP contribution in [-0.2, 0) is 23.8 Å². The average molecular weight is 389 g/mol. The smallest absolute Gasteiger partial charge is 0.264 e. The van der Waals surface area contributed by atoms with Gasteiger partial charge in [0.15, 0.2) is 6.29 Å². The molecular formula is C20H36O5S. The molecular weight excluding hydrogens is 352 g/mol. The quantitative estimate of drug-likeness (QED) is 0.244. The molecule has 1 saturated heterocycles. The van der Waals surface area contributed by atoms with Gasteiger partial charge in [0, 0.05) is 13.2 Å². The summed E-state index contributed by atoms with van der Waals surface area (Å²) in [6, 6.07) is 0. The molecule has 0 saturated carbocycles. The molecule has 0 aromatic rings. The van der Waals surface area contributed by atoms with Crippen molar-refractivity contribution in [1.29, 1.82) is 0 Å². The van der Waals surface area contributed by atoms with Crippen LogP contribution in [0.3, 0.4) is 0 Å². The highest BCUT2D eigenvalue weighted by molar-refractivity contribution is 7.86. The molecule has 0 N–H and O–H groups in total. The van der Waals surface area contributed by atoms with Crippen molar-refractivity contribution in [2.75, 3.05) is 19.5 Å². The Kier molecular flexibility index (Phi) is 12.9. The van der Waals surface area contributed by atoms with Gasteiger partial charge in [0.1, 0.15) is 0 Å². The Labute approximate surface area is 159 Å². The highest BCUT2D eigenvalue weighted by atomic mass is 32.2. The van der Waals surface area contributed by atoms with Crippen LogP contribution in [0.4, 0.5) is 0 Å². The summed E-state index contributed by atoms with van der Waals surface area (Å²) in [7, 11) is -3.38. The van der Waals surface area contributed by atoms with Gasteiger partial charge in [-0.25, -0.2) is 0 Å². The average Bonchev–Trinajstić information content (AvgIpc) is 2.59. The molecule has 5 nitrogen and oxygen atoms in total. The van der Waals surface area contributed by atoms with E-state index < -0.39 is 10.1 Å². The molecule has 6 heteroatoms. The fraction of sp³-hybridized carbons (Fsp3) is 0.800. The van der Waals surface area contributed by atoms with Gasteiger partial charge in [0.05, 0.1) is 12.4 Å². The van der Waals surface area contributed by atoms with Crippen molar-refractivity contribution >= 4 is 10.1 Å². The van der Waals surface area contributed by atoms with Crippen LogP contribution in [0.2, 0.25) is 0 Å². The van der Waals surface area contributed by atoms with Gasteiger partial charge in [-0.3, -0.25) is 4.18 Å². The normalized spacial score (nSPS) is 20.2. The minimum atomic E-state index is -3.38. The van der Waals surface area contributed by atoms with E-state index in [0.717, 1.165) is 70.8 Å². The molecule has 0 aromatic heterocycles. The Morgan fingerprint density at radius 2 is 1.96 bits per heavy atom. The molecule has 0 spiro atoms. The highest BCUT2D eigenvalue weighted by Crippen LogP contribution is 2.14. The van der Waals surface area contributed by atoms with E-state index in [-0.39, 0.29) is 12.4 Å². The molecule has 2 unspecified atom stereocenters. The number of rotatable bonds is 14. The predicted octanol–water partition coefficient (Wildman–Crippen LogP) is 4.74. The first-order chi connectivity index (χ1) is 12.5. The number of ether oxygens (including phenoxy) is 2. The van der Waals surface area contributed by atoms with E-state index >= 15 is 0 Å². The summed E-state index contributed by atoms with van der Waals surface area (Å²) >= 11 is 0. The first kappa shape index (κ1) is 23.3. The van der Waals surface area contributed by atoms with Gasteiger partial charge in [-0.1, -0.05) is 37.6 Å². The second kappa shape index (κ2) is 14.4. The van der Waals surface area contributed by atoms with Crippen LogP contribution in [-0.4, -0.2) is 40.3 Å². The van der Waals surface area contributed by atoms with Crippen LogP contribution in [0.5, 0.6) is 0 Å². The molecule has 1 aliphatic heterocycles. The standard InChI is InChI=1S/C20H36O5S/c1-3-14-19(25-26(2,21)22)15-10-8-6-4-5-7-9-12-17-23-20-16-11-13-18-24-20/h4-5,8,10,19-20H,3,6-7,9,11-18H2,1-2H3/b5-4-,10-8-. The number of hydrogen-bond donors (Lipinski definition) is 0. The topological polar surface area (TPSA) is 61.8 Å². The molecule has 2 atom stereocenters. The maximum atomic E-state index is 11.2. The number of unbranched alkanes of at least 4 members (excludes halogenated alkanes) is 2. The maximum Gasteiger partial charge on any atom is 0.264 e. The van der Waals surface area contributed by atoms with Crippen molar-refractivity contribution in [3.63, 3.8) is 0 Å². The summed E-state index contributed by atoms with van der Waals surface area (Å²) in [5.74, 6) is 0. The van der Waals surface area contributed by atoms with Gasteiger partial charge in [0.25, 0.3) is 10.1 Å². The summed E-state index contributed by atoms with van der Waals surface area (Å²) in [5.41, 5.74) is 0. The van der Waals surface area contributed by atoms with Crippen molar-refractivity contribution < 1.29 is 22.1 Å². The van der Waals surface area contributed by atoms with Crippen LogP contribution in [0.25, 0.3) is 0 Å². The summed E-state index contributed by atoms with van der Waals surface area (Å²) in [5, 5.41) is 0. The van der Waals surface area contributed by atoms with Crippen LogP contribution in [0.15, 0.2) is 24.3 Å². The zero-order valence-corrected chi connectivity index (χ0v) is 17.2. The molecule has 1 rings (SSSR count). The minimum Gasteiger partial charge on any atom is -0.353 e. The van der Waals surface area contributed by atoms with Crippen LogP contribution in [0.1, 0.15) is 71.1 Å². The van der Waals surface area contributed by atoms with Crippen molar-refractivity contribution in [3.05, 3.63) is 24.3 Å². The molecule has 0 aromatic carbocycles. The van der Waals surface area contributed by atoms with Crippen LogP contribution < -0.4 is 0 Å². The van der Waals surface area contributed by atoms with E-state index in [0.29, 0.717) is 6.42 Å². The van der Waals surface area contributed by atoms with Crippen molar-refractivity contribution in [2.24, 2.45) is 0 Å². The van der Waals surface area contributed by atoms with Crippen molar-refractivity contribution in [3.8, 4) is 0 Å². The molecule has 1 aliphatic rings. The molecule has 1 fully saturated rings. The Hall–Kier alpha value is -0.690. The second-order valence-electron chi connectivity index (χ2n) is 6.79. The lowest BCUT2D eigenvalue weighted by atomic mass is 10.1. The first-order valence-corrected chi connectivity index (χ1v) is 11.7. The molecule has 26 heavy (non-hydrogen) atoms. The van der Waals surface area contributed by atoms with Gasteiger partial charge in [-0.05, 0) is 57.8 Å². The van der Waals surface area contributed by atoms with E-state index in [1.165, 1.54) is 6.42 Å². The van der Waals surface area contributed by atoms with E-state index in [4.69, 9.17) is 13.7 Å². The Balaban J connectivity index is 2.02. The van der Waals surface area contributed by atoms with E-state index in [2.05, 4.69) is 18.2 Å². The van der Waals surface area contributed by atoms with Gasteiger partial charge in [-0.15, -0.1) is 0 Å². The third-order valence-corrected chi connectivity index (χ3v) is 4.75. The van der Waals surface area contributed by atoms with Gasteiger partial charge in [-0.2, -0.15) is 8.42 Å². The van der Waals surface area contributed by atoms with E-state index in [1.54, 1.807) is 0 Å². The van der Waals surface area contributed by atoms with Crippen LogP contribution >= 0.6 is 0 Å². The Morgan fingerprint density at radius 3 is 2.65 bits per heavy atom. The maximum absolute atomic E-state index is 11.2. The SMILES string of the molecule is CCCC(C/C=C\C/C=C\CCCCOC1CCCCO1)OS(C)(=O)=O. The second-order valence-corrected chi connectivity index (χ2v) is 8.39. The monoisotopic (exact) mass is 388 g/mol. The summed E-state index contributed by atoms with van der Waals surface area (Å²) < 4.78 is 38.8. The number of hydrogen-bond acceptors (Lipinski definition) is 5. The first-order valence-electron chi connectivity index (χ1n) is 9.92. The van der Waals surface area contributed by atoms with E-state index in [9.17, 15) is 8.42 Å². The third kappa shape index (κ3) is 13.5. The Morgan fingerprint density at radius 1 is 1.15 bits per heavy atom. The molecule has 0 aliphatic carbocycles. The lowest BCUT2D eigenvalue weighted by Gasteiger charge is -2.22. The largest absolute Gasteiger partial charge is 0.353 e. The Bertz CT molecular complexity index is 492. The van der Waals surface area contributed by atoms with Crippen LogP contribution in [0, 0.1) is 0 Å². The zero-order chi connectivity index (χ0) is 19.1. The predicted molar refractivity (Wildman–Crippen MR) is 106 cm³/mol. The number of allylic oxidation sites excluding steroid dienone is 3. The lowest BCUT2D eigenvalue weighted by molar-refractivity contribution is -0.162. The zero-order valence-electron chi connectivity index (χ0n) is 16.4. The molecule has 0 bridgehead atoms.